The van der Waals surface area contributed by atoms with Crippen LogP contribution >= 0.6 is 22.9 Å². The maximum Gasteiger partial charge on any atom is 0.301 e. The van der Waals surface area contributed by atoms with E-state index in [-0.39, 0.29) is 12.2 Å². The van der Waals surface area contributed by atoms with E-state index in [0.717, 1.165) is 5.56 Å². The van der Waals surface area contributed by atoms with Crippen LogP contribution in [0, 0.1) is 0 Å². The molecule has 3 aromatic rings. The number of thiazole rings is 1. The predicted octanol–water partition coefficient (Wildman–Crippen LogP) is 2.44. The van der Waals surface area contributed by atoms with E-state index in [2.05, 4.69) is 10.1 Å². The number of nitrogens with two attached hydrogens (primary N) is 1. The number of carbonyl (C=O) groups excluding carboxylic acids is 1. The zero-order valence-corrected chi connectivity index (χ0v) is 13.5. The Bertz CT molecular complexity index is 897. The Morgan fingerprint density at radius 3 is 3.00 bits per heavy atom. The quantitative estimate of drug-likeness (QED) is 0.784. The lowest BCUT2D eigenvalue weighted by Gasteiger charge is -2.05. The molecule has 0 saturated heterocycles. The van der Waals surface area contributed by atoms with Crippen molar-refractivity contribution in [1.29, 1.82) is 0 Å². The van der Waals surface area contributed by atoms with Crippen LogP contribution in [0.3, 0.4) is 0 Å². The number of carbonyl (C=O) groups is 1. The van der Waals surface area contributed by atoms with Gasteiger partial charge in [0.2, 0.25) is 0 Å². The summed E-state index contributed by atoms with van der Waals surface area (Å²) in [7, 11) is 0. The first-order chi connectivity index (χ1) is 11.2. The summed E-state index contributed by atoms with van der Waals surface area (Å²) in [5.74, 6) is -0.0255. The minimum atomic E-state index is -0.469. The van der Waals surface area contributed by atoms with Gasteiger partial charge in [-0.2, -0.15) is 4.99 Å². The van der Waals surface area contributed by atoms with Crippen LogP contribution in [0.4, 0.5) is 0 Å². The SMILES string of the molecule is NCc1cc(C(=O)N=c2sccn2Cc2ccccc2Cl)no1. The van der Waals surface area contributed by atoms with Gasteiger partial charge in [-0.1, -0.05) is 35.0 Å². The highest BCUT2D eigenvalue weighted by Gasteiger charge is 2.11. The van der Waals surface area contributed by atoms with E-state index in [4.69, 9.17) is 21.9 Å². The van der Waals surface area contributed by atoms with Crippen LogP contribution < -0.4 is 10.5 Å². The van der Waals surface area contributed by atoms with E-state index in [1.165, 1.54) is 17.4 Å². The number of hydrogen-bond acceptors (Lipinski definition) is 5. The molecule has 0 aliphatic carbocycles. The molecule has 0 saturated carbocycles. The van der Waals surface area contributed by atoms with Gasteiger partial charge in [-0.15, -0.1) is 11.3 Å². The van der Waals surface area contributed by atoms with Crippen LogP contribution in [0.1, 0.15) is 21.8 Å². The van der Waals surface area contributed by atoms with Crippen molar-refractivity contribution >= 4 is 28.8 Å². The maximum absolute atomic E-state index is 12.2. The van der Waals surface area contributed by atoms with Gasteiger partial charge in [0.25, 0.3) is 0 Å². The van der Waals surface area contributed by atoms with Gasteiger partial charge >= 0.3 is 5.91 Å². The number of halogens is 1. The first-order valence-electron chi connectivity index (χ1n) is 6.79. The normalized spacial score (nSPS) is 11.8. The summed E-state index contributed by atoms with van der Waals surface area (Å²) in [6.45, 7) is 0.716. The van der Waals surface area contributed by atoms with Crippen LogP contribution in [0.5, 0.6) is 0 Å². The van der Waals surface area contributed by atoms with Crippen molar-refractivity contribution in [2.24, 2.45) is 10.7 Å². The molecule has 0 bridgehead atoms. The standard InChI is InChI=1S/C15H13ClN4O2S/c16-12-4-2-1-3-10(12)9-20-5-6-23-15(20)18-14(21)13-7-11(8-17)22-19-13/h1-7H,8-9,17H2. The average Bonchev–Trinajstić information content (AvgIpc) is 3.19. The summed E-state index contributed by atoms with van der Waals surface area (Å²) in [6.07, 6.45) is 1.86. The zero-order chi connectivity index (χ0) is 16.2. The molecule has 2 heterocycles. The molecule has 3 rings (SSSR count). The molecule has 0 atom stereocenters. The average molecular weight is 349 g/mol. The summed E-state index contributed by atoms with van der Waals surface area (Å²) in [5, 5.41) is 6.20. The van der Waals surface area contributed by atoms with Gasteiger partial charge in [-0.3, -0.25) is 4.79 Å². The Labute approximate surface area is 140 Å². The molecule has 118 valence electrons. The topological polar surface area (TPSA) is 86.4 Å². The van der Waals surface area contributed by atoms with E-state index in [0.29, 0.717) is 22.1 Å². The number of nitrogens with zero attached hydrogens (tertiary/aromatic N) is 3. The first kappa shape index (κ1) is 15.7. The van der Waals surface area contributed by atoms with Gasteiger partial charge < -0.3 is 14.8 Å². The number of aromatic nitrogens is 2. The highest BCUT2D eigenvalue weighted by Crippen LogP contribution is 2.15. The minimum Gasteiger partial charge on any atom is -0.359 e. The van der Waals surface area contributed by atoms with Gasteiger partial charge in [-0.05, 0) is 11.6 Å². The Hall–Kier alpha value is -2.22. The Kier molecular flexibility index (Phi) is 4.71. The third-order valence-electron chi connectivity index (χ3n) is 3.13. The summed E-state index contributed by atoms with van der Waals surface area (Å²) >= 11 is 7.53. The second-order valence-electron chi connectivity index (χ2n) is 4.70. The largest absolute Gasteiger partial charge is 0.359 e. The van der Waals surface area contributed by atoms with Crippen molar-refractivity contribution in [3.05, 3.63) is 68.8 Å². The molecule has 0 radical (unpaired) electrons. The van der Waals surface area contributed by atoms with Crippen molar-refractivity contribution in [3.63, 3.8) is 0 Å². The molecule has 0 unspecified atom stereocenters. The molecule has 2 aromatic heterocycles. The molecular weight excluding hydrogens is 336 g/mol. The lowest BCUT2D eigenvalue weighted by atomic mass is 10.2. The van der Waals surface area contributed by atoms with Gasteiger partial charge in [0.1, 0.15) is 0 Å². The molecule has 1 aromatic carbocycles. The number of amides is 1. The van der Waals surface area contributed by atoms with Crippen LogP contribution in [0.2, 0.25) is 5.02 Å². The lowest BCUT2D eigenvalue weighted by Crippen LogP contribution is -2.17. The number of hydrogen-bond donors (Lipinski definition) is 1. The molecule has 0 aliphatic rings. The minimum absolute atomic E-state index is 0.142. The Morgan fingerprint density at radius 2 is 2.26 bits per heavy atom. The summed E-state index contributed by atoms with van der Waals surface area (Å²) in [4.78, 5) is 16.8. The van der Waals surface area contributed by atoms with Crippen LogP contribution in [0.25, 0.3) is 0 Å². The van der Waals surface area contributed by atoms with Gasteiger partial charge in [0.15, 0.2) is 16.3 Å². The predicted molar refractivity (Wildman–Crippen MR) is 87.2 cm³/mol. The van der Waals surface area contributed by atoms with Gasteiger partial charge in [0, 0.05) is 22.7 Å². The molecule has 23 heavy (non-hydrogen) atoms. The van der Waals surface area contributed by atoms with E-state index in [9.17, 15) is 4.79 Å². The van der Waals surface area contributed by atoms with Crippen LogP contribution in [-0.2, 0) is 13.1 Å². The Morgan fingerprint density at radius 1 is 1.43 bits per heavy atom. The third kappa shape index (κ3) is 3.58. The van der Waals surface area contributed by atoms with Crippen molar-refractivity contribution in [1.82, 2.24) is 9.72 Å². The molecule has 8 heteroatoms. The van der Waals surface area contributed by atoms with E-state index >= 15 is 0 Å². The molecule has 0 spiro atoms. The Balaban J connectivity index is 1.88. The van der Waals surface area contributed by atoms with Crippen LogP contribution in [-0.4, -0.2) is 15.6 Å². The molecular formula is C15H13ClN4O2S. The molecule has 0 fully saturated rings. The fourth-order valence-corrected chi connectivity index (χ4v) is 2.89. The molecule has 2 N–H and O–H groups in total. The maximum atomic E-state index is 12.2. The third-order valence-corrected chi connectivity index (χ3v) is 4.30. The summed E-state index contributed by atoms with van der Waals surface area (Å²) < 4.78 is 6.77. The molecule has 1 amide bonds. The number of rotatable bonds is 4. The van der Waals surface area contributed by atoms with Crippen molar-refractivity contribution < 1.29 is 9.32 Å². The lowest BCUT2D eigenvalue weighted by molar-refractivity contribution is 0.0989. The van der Waals surface area contributed by atoms with Crippen molar-refractivity contribution in [2.75, 3.05) is 0 Å². The van der Waals surface area contributed by atoms with E-state index in [1.54, 1.807) is 0 Å². The van der Waals surface area contributed by atoms with E-state index < -0.39 is 5.91 Å². The second-order valence-corrected chi connectivity index (χ2v) is 5.98. The van der Waals surface area contributed by atoms with Crippen molar-refractivity contribution in [2.45, 2.75) is 13.1 Å². The number of benzene rings is 1. The highest BCUT2D eigenvalue weighted by molar-refractivity contribution is 7.07. The fourth-order valence-electron chi connectivity index (χ4n) is 1.97. The van der Waals surface area contributed by atoms with Gasteiger partial charge in [0.05, 0.1) is 13.1 Å². The molecule has 6 nitrogen and oxygen atoms in total. The molecule has 0 aliphatic heterocycles. The zero-order valence-electron chi connectivity index (χ0n) is 12.0. The summed E-state index contributed by atoms with van der Waals surface area (Å²) in [5.41, 5.74) is 6.53. The smallest absolute Gasteiger partial charge is 0.301 e. The van der Waals surface area contributed by atoms with Crippen molar-refractivity contribution in [3.8, 4) is 0 Å². The highest BCUT2D eigenvalue weighted by atomic mass is 35.5. The fraction of sp³-hybridized carbons (Fsp3) is 0.133. The second kappa shape index (κ2) is 6.91. The first-order valence-corrected chi connectivity index (χ1v) is 8.05. The summed E-state index contributed by atoms with van der Waals surface area (Å²) in [6, 6.07) is 9.05. The van der Waals surface area contributed by atoms with E-state index in [1.807, 2.05) is 40.4 Å². The van der Waals surface area contributed by atoms with Crippen LogP contribution in [0.15, 0.2) is 51.4 Å². The van der Waals surface area contributed by atoms with Gasteiger partial charge in [-0.25, -0.2) is 0 Å². The monoisotopic (exact) mass is 348 g/mol.